The summed E-state index contributed by atoms with van der Waals surface area (Å²) in [5.74, 6) is -1.21. The molecular formula is C19H19F6NO5. The zero-order valence-corrected chi connectivity index (χ0v) is 16.5. The van der Waals surface area contributed by atoms with E-state index in [0.29, 0.717) is 12.1 Å². The van der Waals surface area contributed by atoms with Crippen LogP contribution in [0.2, 0.25) is 0 Å². The van der Waals surface area contributed by atoms with Crippen LogP contribution in [-0.4, -0.2) is 45.1 Å². The third-order valence-corrected chi connectivity index (χ3v) is 3.48. The summed E-state index contributed by atoms with van der Waals surface area (Å²) in [5, 5.41) is 0. The number of pyridine rings is 1. The fraction of sp³-hybridized carbons (Fsp3) is 0.368. The largest absolute Gasteiger partial charge is 0.573 e. The van der Waals surface area contributed by atoms with E-state index in [2.05, 4.69) is 14.5 Å². The first-order valence-electron chi connectivity index (χ1n) is 8.55. The van der Waals surface area contributed by atoms with Gasteiger partial charge >= 0.3 is 12.3 Å². The molecule has 31 heavy (non-hydrogen) atoms. The Morgan fingerprint density at radius 2 is 1.71 bits per heavy atom. The molecule has 1 heterocycles. The molecule has 0 bridgehead atoms. The maximum atomic E-state index is 12.4. The second-order valence-corrected chi connectivity index (χ2v) is 5.52. The number of alkyl halides is 6. The minimum Gasteiger partial charge on any atom is -0.493 e. The molecule has 0 unspecified atom stereocenters. The molecule has 1 aromatic carbocycles. The standard InChI is InChI=1S/C18H17F4NO5.CH2F2/c1-25-16-9-12(28-18(20,21)22)5-6-14(16)27-15-8-11(4-3-7-19)23-10-13(15)17(24)26-2;2-1-3/h5-6,8-10H,3-4,7H2,1-2H3;1H2. The number of benzene rings is 1. The van der Waals surface area contributed by atoms with Crippen LogP contribution in [0.1, 0.15) is 22.5 Å². The van der Waals surface area contributed by atoms with Gasteiger partial charge < -0.3 is 18.9 Å². The van der Waals surface area contributed by atoms with E-state index in [9.17, 15) is 31.1 Å². The fourth-order valence-electron chi connectivity index (χ4n) is 2.26. The highest BCUT2D eigenvalue weighted by Crippen LogP contribution is 2.37. The monoisotopic (exact) mass is 455 g/mol. The van der Waals surface area contributed by atoms with Crippen molar-refractivity contribution in [1.82, 2.24) is 4.98 Å². The molecule has 2 rings (SSSR count). The SMILES string of the molecule is COC(=O)c1cnc(CCCF)cc1Oc1ccc(OC(F)(F)F)cc1OC.FCF. The van der Waals surface area contributed by atoms with Crippen LogP contribution in [0.4, 0.5) is 26.3 Å². The molecule has 0 atom stereocenters. The molecule has 0 spiro atoms. The van der Waals surface area contributed by atoms with Gasteiger partial charge in [0.15, 0.2) is 11.5 Å². The smallest absolute Gasteiger partial charge is 0.493 e. The van der Waals surface area contributed by atoms with Crippen molar-refractivity contribution in [2.75, 3.05) is 27.8 Å². The van der Waals surface area contributed by atoms with E-state index in [1.807, 2.05) is 0 Å². The molecule has 12 heteroatoms. The molecule has 172 valence electrons. The zero-order chi connectivity index (χ0) is 23.4. The number of hydrogen-bond donors (Lipinski definition) is 0. The van der Waals surface area contributed by atoms with Crippen LogP contribution in [0.3, 0.4) is 0 Å². The van der Waals surface area contributed by atoms with Gasteiger partial charge in [-0.25, -0.2) is 13.6 Å². The topological polar surface area (TPSA) is 66.9 Å². The van der Waals surface area contributed by atoms with E-state index in [1.165, 1.54) is 32.5 Å². The fourth-order valence-corrected chi connectivity index (χ4v) is 2.26. The number of carbonyl (C=O) groups is 1. The molecule has 0 radical (unpaired) electrons. The number of halogens is 6. The van der Waals surface area contributed by atoms with Gasteiger partial charge in [-0.3, -0.25) is 9.37 Å². The van der Waals surface area contributed by atoms with Gasteiger partial charge in [0.25, 0.3) is 0 Å². The van der Waals surface area contributed by atoms with E-state index in [4.69, 9.17) is 9.47 Å². The van der Waals surface area contributed by atoms with E-state index < -0.39 is 31.7 Å². The minimum absolute atomic E-state index is 0.0100. The molecular weight excluding hydrogens is 436 g/mol. The lowest BCUT2D eigenvalue weighted by Crippen LogP contribution is -2.17. The number of aryl methyl sites for hydroxylation is 1. The average Bonchev–Trinajstić information content (AvgIpc) is 2.72. The lowest BCUT2D eigenvalue weighted by molar-refractivity contribution is -0.274. The number of ether oxygens (including phenoxy) is 4. The zero-order valence-electron chi connectivity index (χ0n) is 16.5. The van der Waals surface area contributed by atoms with Crippen LogP contribution in [0.25, 0.3) is 0 Å². The predicted octanol–water partition coefficient (Wildman–Crippen LogP) is 5.35. The maximum absolute atomic E-state index is 12.4. The Bertz CT molecular complexity index is 847. The number of carbonyl (C=O) groups excluding carboxylic acids is 1. The van der Waals surface area contributed by atoms with Gasteiger partial charge in [0, 0.05) is 24.0 Å². The molecule has 0 aliphatic rings. The molecule has 2 aromatic rings. The molecule has 6 nitrogen and oxygen atoms in total. The first-order chi connectivity index (χ1) is 14.7. The van der Waals surface area contributed by atoms with Crippen molar-refractivity contribution in [1.29, 1.82) is 0 Å². The second kappa shape index (κ2) is 12.5. The molecule has 0 aliphatic carbocycles. The number of rotatable bonds is 8. The molecule has 0 aliphatic heterocycles. The van der Waals surface area contributed by atoms with Crippen LogP contribution in [0.15, 0.2) is 30.5 Å². The summed E-state index contributed by atoms with van der Waals surface area (Å²) < 4.78 is 88.0. The normalized spacial score (nSPS) is 10.6. The van der Waals surface area contributed by atoms with Crippen molar-refractivity contribution in [2.45, 2.75) is 19.2 Å². The van der Waals surface area contributed by atoms with Gasteiger partial charge in [0.05, 0.1) is 20.9 Å². The van der Waals surface area contributed by atoms with E-state index in [0.717, 1.165) is 12.1 Å². The van der Waals surface area contributed by atoms with Crippen molar-refractivity contribution < 1.29 is 50.1 Å². The number of esters is 1. The third kappa shape index (κ3) is 8.60. The van der Waals surface area contributed by atoms with Crippen molar-refractivity contribution in [3.8, 4) is 23.0 Å². The predicted molar refractivity (Wildman–Crippen MR) is 96.7 cm³/mol. The Hall–Kier alpha value is -3.18. The maximum Gasteiger partial charge on any atom is 0.573 e. The van der Waals surface area contributed by atoms with Gasteiger partial charge in [-0.05, 0) is 25.0 Å². The number of aromatic nitrogens is 1. The van der Waals surface area contributed by atoms with Crippen LogP contribution < -0.4 is 14.2 Å². The molecule has 0 saturated carbocycles. The number of hydrogen-bond acceptors (Lipinski definition) is 6. The van der Waals surface area contributed by atoms with Gasteiger partial charge in [-0.1, -0.05) is 0 Å². The third-order valence-electron chi connectivity index (χ3n) is 3.48. The van der Waals surface area contributed by atoms with Gasteiger partial charge in [-0.15, -0.1) is 13.2 Å². The summed E-state index contributed by atoms with van der Waals surface area (Å²) in [4.78, 5) is 16.0. The highest BCUT2D eigenvalue weighted by Gasteiger charge is 2.31. The summed E-state index contributed by atoms with van der Waals surface area (Å²) in [6.45, 7) is -2.29. The Morgan fingerprint density at radius 3 is 2.26 bits per heavy atom. The van der Waals surface area contributed by atoms with Crippen molar-refractivity contribution in [3.05, 3.63) is 41.7 Å². The van der Waals surface area contributed by atoms with Crippen molar-refractivity contribution >= 4 is 5.97 Å². The quantitative estimate of drug-likeness (QED) is 0.395. The number of methoxy groups -OCH3 is 2. The summed E-state index contributed by atoms with van der Waals surface area (Å²) in [7, 11) is 2.41. The van der Waals surface area contributed by atoms with Crippen LogP contribution >= 0.6 is 0 Å². The lowest BCUT2D eigenvalue weighted by Gasteiger charge is -2.15. The van der Waals surface area contributed by atoms with Crippen LogP contribution in [-0.2, 0) is 11.2 Å². The summed E-state index contributed by atoms with van der Waals surface area (Å²) in [6, 6.07) is 4.66. The van der Waals surface area contributed by atoms with Gasteiger partial charge in [0.2, 0.25) is 6.93 Å². The molecule has 0 fully saturated rings. The molecule has 1 aromatic heterocycles. The summed E-state index contributed by atoms with van der Waals surface area (Å²) in [6.07, 6.45) is -3.09. The highest BCUT2D eigenvalue weighted by molar-refractivity contribution is 5.92. The first-order valence-corrected chi connectivity index (χ1v) is 8.55. The van der Waals surface area contributed by atoms with E-state index in [1.54, 1.807) is 0 Å². The van der Waals surface area contributed by atoms with Gasteiger partial charge in [-0.2, -0.15) is 0 Å². The summed E-state index contributed by atoms with van der Waals surface area (Å²) >= 11 is 0. The Balaban J connectivity index is 0.00000151. The second-order valence-electron chi connectivity index (χ2n) is 5.52. The summed E-state index contributed by atoms with van der Waals surface area (Å²) in [5.41, 5.74) is 0.459. The first kappa shape index (κ1) is 25.9. The molecule has 0 saturated heterocycles. The number of nitrogens with zero attached hydrogens (tertiary/aromatic N) is 1. The van der Waals surface area contributed by atoms with Gasteiger partial charge in [0.1, 0.15) is 17.1 Å². The van der Waals surface area contributed by atoms with E-state index in [-0.39, 0.29) is 29.2 Å². The minimum atomic E-state index is -4.86. The molecule has 0 amide bonds. The highest BCUT2D eigenvalue weighted by atomic mass is 19.4. The Labute approximate surface area is 173 Å². The molecule has 0 N–H and O–H groups in total. The van der Waals surface area contributed by atoms with E-state index >= 15 is 0 Å². The van der Waals surface area contributed by atoms with Crippen LogP contribution in [0, 0.1) is 0 Å². The Kier molecular flexibility index (Phi) is 10.4. The van der Waals surface area contributed by atoms with Crippen molar-refractivity contribution in [3.63, 3.8) is 0 Å². The van der Waals surface area contributed by atoms with Crippen molar-refractivity contribution in [2.24, 2.45) is 0 Å². The lowest BCUT2D eigenvalue weighted by atomic mass is 10.1. The van der Waals surface area contributed by atoms with Crippen LogP contribution in [0.5, 0.6) is 23.0 Å². The average molecular weight is 455 g/mol. The Morgan fingerprint density at radius 1 is 1.03 bits per heavy atom.